The zero-order chi connectivity index (χ0) is 28.6. The minimum Gasteiger partial charge on any atom is -0.237 e. The molecule has 184 valence electrons. The van der Waals surface area contributed by atoms with E-state index >= 15 is 4.39 Å². The van der Waals surface area contributed by atoms with E-state index in [2.05, 4.69) is 20.6 Å². The van der Waals surface area contributed by atoms with Crippen LogP contribution < -0.4 is 0 Å². The van der Waals surface area contributed by atoms with Crippen molar-refractivity contribution in [1.29, 1.82) is 15.8 Å². The maximum Gasteiger partial charge on any atom is 0.270 e. The molecule has 40 heavy (non-hydrogen) atoms. The highest BCUT2D eigenvalue weighted by Crippen LogP contribution is 2.57. The summed E-state index contributed by atoms with van der Waals surface area (Å²) in [6.45, 7) is 25.1. The third-order valence-electron chi connectivity index (χ3n) is 7.19. The molecule has 3 aliphatic rings. The lowest BCUT2D eigenvalue weighted by Crippen LogP contribution is -2.04. The second kappa shape index (κ2) is 9.90. The lowest BCUT2D eigenvalue weighted by molar-refractivity contribution is 0.620. The van der Waals surface area contributed by atoms with Gasteiger partial charge in [-0.15, -0.1) is 0 Å². The van der Waals surface area contributed by atoms with Crippen molar-refractivity contribution >= 4 is 28.0 Å². The first-order valence-corrected chi connectivity index (χ1v) is 12.1. The number of halogens is 1. The number of benzene rings is 2. The Morgan fingerprint density at radius 2 is 1.50 bits per heavy atom. The molecule has 0 heterocycles. The van der Waals surface area contributed by atoms with Gasteiger partial charge in [-0.1, -0.05) is 54.1 Å². The van der Waals surface area contributed by atoms with Crippen LogP contribution in [0, 0.1) is 66.5 Å². The fourth-order valence-electron chi connectivity index (χ4n) is 5.66. The summed E-state index contributed by atoms with van der Waals surface area (Å²) in [6, 6.07) is 14.6. The summed E-state index contributed by atoms with van der Waals surface area (Å²) in [5.74, 6) is -0.856. The first-order chi connectivity index (χ1) is 19.5. The van der Waals surface area contributed by atoms with Crippen molar-refractivity contribution in [3.8, 4) is 18.2 Å². The molecule has 0 radical (unpaired) electrons. The van der Waals surface area contributed by atoms with Crippen molar-refractivity contribution in [3.05, 3.63) is 145 Å². The smallest absolute Gasteiger partial charge is 0.237 e. The van der Waals surface area contributed by atoms with Gasteiger partial charge in [0.05, 0.1) is 37.4 Å². The van der Waals surface area contributed by atoms with Crippen molar-refractivity contribution in [2.24, 2.45) is 0 Å². The number of fused-ring (bicyclic) bond motifs is 2. The molecular weight excluding hydrogens is 499 g/mol. The van der Waals surface area contributed by atoms with Gasteiger partial charge < -0.3 is 0 Å². The van der Waals surface area contributed by atoms with Crippen molar-refractivity contribution in [2.75, 3.05) is 0 Å². The Bertz CT molecular complexity index is 1970. The van der Waals surface area contributed by atoms with E-state index in [4.69, 9.17) is 19.7 Å². The van der Waals surface area contributed by atoms with Crippen molar-refractivity contribution in [2.45, 2.75) is 19.8 Å². The second-order valence-corrected chi connectivity index (χ2v) is 9.06. The van der Waals surface area contributed by atoms with Gasteiger partial charge >= 0.3 is 0 Å². The Balaban J connectivity index is 2.03. The minimum atomic E-state index is -0.856. The van der Waals surface area contributed by atoms with Gasteiger partial charge in [-0.3, -0.25) is 0 Å². The first kappa shape index (κ1) is 25.4. The molecule has 0 fully saturated rings. The molecule has 0 N–H and O–H groups in total. The number of hydrogen-bond donors (Lipinski definition) is 0. The standard InChI is InChI=1S/C33H15FN6/c1-18-24-28(21(15-35)26(19-11-7-5-8-12-19)29(24)22(16-36)38-2)32(34)31-25(18)30(23(17-37)39-3)27(33(31)40-4)20-13-9-6-10-14-20/h5-9,11-13H,10,14H2,1H3/b29-22+,30-23-. The topological polar surface area (TPSA) is 84.5 Å². The number of nitriles is 3. The summed E-state index contributed by atoms with van der Waals surface area (Å²) in [6.07, 6.45) is 6.77. The molecule has 5 rings (SSSR count). The molecular formula is C33H15FN6. The largest absolute Gasteiger partial charge is 0.270 e. The Hall–Kier alpha value is -6.25. The average Bonchev–Trinajstić information content (AvgIpc) is 3.53. The molecule has 6 nitrogen and oxygen atoms in total. The number of hydrogen-bond acceptors (Lipinski definition) is 3. The molecule has 3 aliphatic carbocycles. The lowest BCUT2D eigenvalue weighted by atomic mass is 9.85. The highest BCUT2D eigenvalue weighted by Gasteiger charge is 2.42. The summed E-state index contributed by atoms with van der Waals surface area (Å²) in [5.41, 5.74) is 1.98. The molecule has 0 unspecified atom stereocenters. The van der Waals surface area contributed by atoms with Crippen molar-refractivity contribution < 1.29 is 4.39 Å². The quantitative estimate of drug-likeness (QED) is 0.303. The Morgan fingerprint density at radius 3 is 2.02 bits per heavy atom. The molecule has 2 aromatic rings. The van der Waals surface area contributed by atoms with E-state index in [0.29, 0.717) is 35.1 Å². The summed E-state index contributed by atoms with van der Waals surface area (Å²) >= 11 is 0. The van der Waals surface area contributed by atoms with E-state index in [1.54, 1.807) is 43.3 Å². The van der Waals surface area contributed by atoms with E-state index in [9.17, 15) is 15.8 Å². The lowest BCUT2D eigenvalue weighted by Gasteiger charge is -2.19. The number of rotatable bonds is 2. The van der Waals surface area contributed by atoms with Crippen LogP contribution in [-0.4, -0.2) is 0 Å². The zero-order valence-electron chi connectivity index (χ0n) is 21.1. The summed E-state index contributed by atoms with van der Waals surface area (Å²) < 4.78 is 16.9. The Kier molecular flexibility index (Phi) is 6.29. The number of allylic oxidation sites excluding steroid dienone is 11. The Morgan fingerprint density at radius 1 is 0.875 bits per heavy atom. The monoisotopic (exact) mass is 514 g/mol. The molecule has 0 saturated heterocycles. The Labute approximate surface area is 230 Å². The maximum atomic E-state index is 16.9. The van der Waals surface area contributed by atoms with Crippen LogP contribution in [-0.2, 0) is 0 Å². The van der Waals surface area contributed by atoms with E-state index < -0.39 is 5.82 Å². The van der Waals surface area contributed by atoms with Gasteiger partial charge in [0.1, 0.15) is 11.9 Å². The molecule has 0 saturated carbocycles. The molecule has 0 aromatic heterocycles. The van der Waals surface area contributed by atoms with Gasteiger partial charge in [-0.25, -0.2) is 29.4 Å². The average molecular weight is 515 g/mol. The van der Waals surface area contributed by atoms with E-state index in [0.717, 1.165) is 0 Å². The van der Waals surface area contributed by atoms with Gasteiger partial charge in [-0.05, 0) is 58.7 Å². The van der Waals surface area contributed by atoms with E-state index in [1.165, 1.54) is 0 Å². The van der Waals surface area contributed by atoms with Crippen LogP contribution in [0.2, 0.25) is 0 Å². The third kappa shape index (κ3) is 3.42. The van der Waals surface area contributed by atoms with Gasteiger partial charge in [0, 0.05) is 16.7 Å². The maximum absolute atomic E-state index is 16.9. The van der Waals surface area contributed by atoms with Crippen LogP contribution in [0.5, 0.6) is 0 Å². The summed E-state index contributed by atoms with van der Waals surface area (Å²) in [4.78, 5) is 10.5. The molecule has 0 atom stereocenters. The normalized spacial score (nSPS) is 17.4. The molecule has 0 aliphatic heterocycles. The van der Waals surface area contributed by atoms with Crippen LogP contribution in [0.1, 0.15) is 46.2 Å². The molecule has 7 heteroatoms. The second-order valence-electron chi connectivity index (χ2n) is 9.06. The van der Waals surface area contributed by atoms with Gasteiger partial charge in [0.2, 0.25) is 5.70 Å². The fraction of sp³-hybridized carbons (Fsp3) is 0.0909. The van der Waals surface area contributed by atoms with Gasteiger partial charge in [0.15, 0.2) is 0 Å². The van der Waals surface area contributed by atoms with Crippen LogP contribution in [0.3, 0.4) is 0 Å². The zero-order valence-corrected chi connectivity index (χ0v) is 21.1. The SMILES string of the molecule is [C-]#[N+]C1=C(C2=CC=CCC2)/C(=C(/C#N)[N+]#[C-])c2c(C)c3c(c(F)c21)C(C#N)=C(c1ccccc1)/C3=C(\C#N)[N+]#[C-]. The molecule has 2 aromatic carbocycles. The fourth-order valence-corrected chi connectivity index (χ4v) is 5.66. The highest BCUT2D eigenvalue weighted by molar-refractivity contribution is 6.27. The van der Waals surface area contributed by atoms with Crippen molar-refractivity contribution in [3.63, 3.8) is 0 Å². The first-order valence-electron chi connectivity index (χ1n) is 12.1. The van der Waals surface area contributed by atoms with Crippen LogP contribution in [0.4, 0.5) is 4.39 Å². The van der Waals surface area contributed by atoms with Crippen LogP contribution >= 0.6 is 0 Å². The summed E-state index contributed by atoms with van der Waals surface area (Å²) in [7, 11) is 0. The minimum absolute atomic E-state index is 0.0342. The van der Waals surface area contributed by atoms with E-state index in [-0.39, 0.29) is 61.6 Å². The van der Waals surface area contributed by atoms with Crippen LogP contribution in [0.15, 0.2) is 71.1 Å². The predicted molar refractivity (Wildman–Crippen MR) is 148 cm³/mol. The molecule has 0 spiro atoms. The highest BCUT2D eigenvalue weighted by atomic mass is 19.1. The van der Waals surface area contributed by atoms with Gasteiger partial charge in [-0.2, -0.15) is 5.26 Å². The van der Waals surface area contributed by atoms with Crippen LogP contribution in [0.25, 0.3) is 42.5 Å². The summed E-state index contributed by atoms with van der Waals surface area (Å²) in [5, 5.41) is 30.2. The third-order valence-corrected chi connectivity index (χ3v) is 7.19. The van der Waals surface area contributed by atoms with E-state index in [1.807, 2.05) is 24.3 Å². The predicted octanol–water partition coefficient (Wildman–Crippen LogP) is 7.81. The van der Waals surface area contributed by atoms with Gasteiger partial charge in [0.25, 0.3) is 11.4 Å². The molecule has 0 bridgehead atoms. The number of nitrogens with zero attached hydrogens (tertiary/aromatic N) is 6. The van der Waals surface area contributed by atoms with Crippen molar-refractivity contribution in [1.82, 2.24) is 0 Å². The molecule has 0 amide bonds.